The first kappa shape index (κ1) is 12.7. The fraction of sp³-hybridized carbons (Fsp3) is 0.222. The van der Waals surface area contributed by atoms with Gasteiger partial charge in [-0.2, -0.15) is 4.98 Å². The van der Waals surface area contributed by atoms with Crippen LogP contribution >= 0.6 is 22.9 Å². The predicted molar refractivity (Wildman–Crippen MR) is 67.9 cm³/mol. The highest BCUT2D eigenvalue weighted by Crippen LogP contribution is 2.22. The molecule has 0 aliphatic rings. The quantitative estimate of drug-likeness (QED) is 0.527. The van der Waals surface area contributed by atoms with Crippen LogP contribution in [0.25, 0.3) is 0 Å². The summed E-state index contributed by atoms with van der Waals surface area (Å²) in [6.07, 6.45) is 1.07. The fourth-order valence-corrected chi connectivity index (χ4v) is 2.03. The zero-order chi connectivity index (χ0) is 13.1. The van der Waals surface area contributed by atoms with Gasteiger partial charge in [0.2, 0.25) is 11.1 Å². The summed E-state index contributed by atoms with van der Waals surface area (Å²) in [5.41, 5.74) is 0.577. The molecule has 0 aliphatic carbocycles. The Balaban J connectivity index is 2.17. The van der Waals surface area contributed by atoms with E-state index in [-0.39, 0.29) is 16.8 Å². The highest BCUT2D eigenvalue weighted by Gasteiger charge is 2.16. The molecule has 0 bridgehead atoms. The largest absolute Gasteiger partial charge is 0.359 e. The summed E-state index contributed by atoms with van der Waals surface area (Å²) in [5, 5.41) is 16.4. The van der Waals surface area contributed by atoms with Gasteiger partial charge >= 0.3 is 5.69 Å². The third kappa shape index (κ3) is 2.90. The van der Waals surface area contributed by atoms with Crippen molar-refractivity contribution in [3.05, 3.63) is 37.7 Å². The number of hydrogen-bond acceptors (Lipinski definition) is 7. The molecule has 0 fully saturated rings. The van der Waals surface area contributed by atoms with Gasteiger partial charge in [-0.25, -0.2) is 9.97 Å². The van der Waals surface area contributed by atoms with Gasteiger partial charge in [-0.3, -0.25) is 10.1 Å². The van der Waals surface area contributed by atoms with Crippen LogP contribution in [-0.2, 0) is 6.54 Å². The highest BCUT2D eigenvalue weighted by molar-refractivity contribution is 7.09. The van der Waals surface area contributed by atoms with E-state index < -0.39 is 4.92 Å². The van der Waals surface area contributed by atoms with Crippen molar-refractivity contribution >= 4 is 34.4 Å². The smallest absolute Gasteiger partial charge is 0.329 e. The maximum Gasteiger partial charge on any atom is 0.329 e. The molecular formula is C9H8ClN5O2S. The molecule has 2 heterocycles. The third-order valence-corrected chi connectivity index (χ3v) is 3.04. The first-order valence-electron chi connectivity index (χ1n) is 4.88. The van der Waals surface area contributed by atoms with Crippen LogP contribution in [0.5, 0.6) is 0 Å². The van der Waals surface area contributed by atoms with Gasteiger partial charge in [0.15, 0.2) is 0 Å². The molecule has 1 N–H and O–H groups in total. The molecule has 0 aliphatic heterocycles. The van der Waals surface area contributed by atoms with E-state index in [1.54, 1.807) is 0 Å². The third-order valence-electron chi connectivity index (χ3n) is 2.04. The van der Waals surface area contributed by atoms with Crippen molar-refractivity contribution in [3.8, 4) is 0 Å². The van der Waals surface area contributed by atoms with Crippen LogP contribution in [0.1, 0.15) is 10.7 Å². The normalized spacial score (nSPS) is 10.3. The molecule has 0 atom stereocenters. The molecule has 94 valence electrons. The van der Waals surface area contributed by atoms with E-state index in [2.05, 4.69) is 20.3 Å². The number of rotatable bonds is 4. The Bertz CT molecular complexity index is 588. The number of aromatic nitrogens is 3. The van der Waals surface area contributed by atoms with Crippen LogP contribution in [0.15, 0.2) is 11.6 Å². The molecule has 18 heavy (non-hydrogen) atoms. The molecule has 2 aromatic rings. The summed E-state index contributed by atoms with van der Waals surface area (Å²) in [7, 11) is 0. The van der Waals surface area contributed by atoms with Crippen LogP contribution in [0.4, 0.5) is 11.5 Å². The number of nitro groups is 1. The van der Waals surface area contributed by atoms with E-state index in [0.717, 1.165) is 16.9 Å². The van der Waals surface area contributed by atoms with Gasteiger partial charge in [-0.15, -0.1) is 11.3 Å². The first-order chi connectivity index (χ1) is 8.56. The van der Waals surface area contributed by atoms with Gasteiger partial charge in [-0.1, -0.05) is 0 Å². The summed E-state index contributed by atoms with van der Waals surface area (Å²) in [4.78, 5) is 21.8. The van der Waals surface area contributed by atoms with Crippen molar-refractivity contribution in [1.29, 1.82) is 0 Å². The maximum absolute atomic E-state index is 10.8. The lowest BCUT2D eigenvalue weighted by Gasteiger charge is -2.04. The lowest BCUT2D eigenvalue weighted by molar-refractivity contribution is -0.384. The second-order valence-corrected chi connectivity index (χ2v) is 4.74. The van der Waals surface area contributed by atoms with E-state index in [0.29, 0.717) is 6.54 Å². The average molecular weight is 286 g/mol. The fourth-order valence-electron chi connectivity index (χ4n) is 1.28. The van der Waals surface area contributed by atoms with Crippen molar-refractivity contribution in [1.82, 2.24) is 15.0 Å². The van der Waals surface area contributed by atoms with Crippen molar-refractivity contribution in [3.63, 3.8) is 0 Å². The van der Waals surface area contributed by atoms with Gasteiger partial charge in [0.05, 0.1) is 22.2 Å². The Morgan fingerprint density at radius 3 is 2.94 bits per heavy atom. The average Bonchev–Trinajstić information content (AvgIpc) is 2.72. The Morgan fingerprint density at radius 1 is 1.56 bits per heavy atom. The minimum atomic E-state index is -0.565. The van der Waals surface area contributed by atoms with Gasteiger partial charge in [0.1, 0.15) is 6.20 Å². The summed E-state index contributed by atoms with van der Waals surface area (Å²) in [6.45, 7) is 2.23. The second kappa shape index (κ2) is 5.23. The summed E-state index contributed by atoms with van der Waals surface area (Å²) >= 11 is 7.12. The Labute approximate surface area is 111 Å². The van der Waals surface area contributed by atoms with Crippen LogP contribution in [0.3, 0.4) is 0 Å². The Morgan fingerprint density at radius 2 is 2.33 bits per heavy atom. The SMILES string of the molecule is Cc1nc(CNc2nc(Cl)ncc2[N+](=O)[O-])cs1. The number of halogens is 1. The molecule has 7 nitrogen and oxygen atoms in total. The number of aryl methyl sites for hydroxylation is 1. The molecule has 0 spiro atoms. The molecule has 0 aromatic carbocycles. The molecule has 0 amide bonds. The molecular weight excluding hydrogens is 278 g/mol. The molecule has 0 saturated heterocycles. The lowest BCUT2D eigenvalue weighted by Crippen LogP contribution is -2.06. The topological polar surface area (TPSA) is 93.8 Å². The molecule has 9 heteroatoms. The second-order valence-electron chi connectivity index (χ2n) is 3.34. The van der Waals surface area contributed by atoms with E-state index in [1.165, 1.54) is 11.3 Å². The van der Waals surface area contributed by atoms with E-state index in [4.69, 9.17) is 11.6 Å². The Kier molecular flexibility index (Phi) is 3.68. The van der Waals surface area contributed by atoms with Gasteiger partial charge in [-0.05, 0) is 18.5 Å². The minimum Gasteiger partial charge on any atom is -0.359 e. The monoisotopic (exact) mass is 285 g/mol. The summed E-state index contributed by atoms with van der Waals surface area (Å²) in [5.74, 6) is 0.0886. The first-order valence-corrected chi connectivity index (χ1v) is 6.14. The van der Waals surface area contributed by atoms with Crippen LogP contribution in [-0.4, -0.2) is 19.9 Å². The zero-order valence-electron chi connectivity index (χ0n) is 9.25. The van der Waals surface area contributed by atoms with E-state index in [9.17, 15) is 10.1 Å². The van der Waals surface area contributed by atoms with Crippen LogP contribution < -0.4 is 5.32 Å². The van der Waals surface area contributed by atoms with Crippen molar-refractivity contribution in [2.45, 2.75) is 13.5 Å². The molecule has 0 saturated carbocycles. The van der Waals surface area contributed by atoms with Gasteiger partial charge in [0, 0.05) is 5.38 Å². The van der Waals surface area contributed by atoms with Crippen molar-refractivity contribution < 1.29 is 4.92 Å². The standard InChI is InChI=1S/C9H8ClN5O2S/c1-5-13-6(4-18-5)2-11-8-7(15(16)17)3-12-9(10)14-8/h3-4H,2H2,1H3,(H,11,12,14). The molecule has 0 radical (unpaired) electrons. The van der Waals surface area contributed by atoms with Gasteiger partial charge < -0.3 is 5.32 Å². The van der Waals surface area contributed by atoms with Crippen LogP contribution in [0.2, 0.25) is 5.28 Å². The molecule has 2 aromatic heterocycles. The van der Waals surface area contributed by atoms with Crippen molar-refractivity contribution in [2.24, 2.45) is 0 Å². The van der Waals surface area contributed by atoms with Gasteiger partial charge in [0.25, 0.3) is 0 Å². The number of thiazole rings is 1. The zero-order valence-corrected chi connectivity index (χ0v) is 10.8. The Hall–Kier alpha value is -1.80. The maximum atomic E-state index is 10.8. The molecule has 2 rings (SSSR count). The van der Waals surface area contributed by atoms with E-state index >= 15 is 0 Å². The predicted octanol–water partition coefficient (Wildman–Crippen LogP) is 2.42. The number of nitrogens with zero attached hydrogens (tertiary/aromatic N) is 4. The minimum absolute atomic E-state index is 0.0439. The molecule has 0 unspecified atom stereocenters. The van der Waals surface area contributed by atoms with Crippen molar-refractivity contribution in [2.75, 3.05) is 5.32 Å². The number of nitrogens with one attached hydrogen (secondary N) is 1. The number of hydrogen-bond donors (Lipinski definition) is 1. The summed E-state index contributed by atoms with van der Waals surface area (Å²) in [6, 6.07) is 0. The lowest BCUT2D eigenvalue weighted by atomic mass is 10.4. The number of anilines is 1. The van der Waals surface area contributed by atoms with E-state index in [1.807, 2.05) is 12.3 Å². The highest BCUT2D eigenvalue weighted by atomic mass is 35.5. The summed E-state index contributed by atoms with van der Waals surface area (Å²) < 4.78 is 0. The van der Waals surface area contributed by atoms with Crippen LogP contribution in [0, 0.1) is 17.0 Å².